The Morgan fingerprint density at radius 2 is 2.05 bits per heavy atom. The zero-order valence-electron chi connectivity index (χ0n) is 11.7. The van der Waals surface area contributed by atoms with Crippen molar-refractivity contribution in [2.24, 2.45) is 5.41 Å². The molecule has 2 N–H and O–H groups in total. The SMILES string of the molecule is Cc1cccnc1C(=O)NC(CC(=O)O)C(C)(C)C. The average Bonchev–Trinajstić information content (AvgIpc) is 2.26. The van der Waals surface area contributed by atoms with Crippen LogP contribution in [0.5, 0.6) is 0 Å². The van der Waals surface area contributed by atoms with Gasteiger partial charge in [0.2, 0.25) is 0 Å². The second-order valence-electron chi connectivity index (χ2n) is 5.66. The maximum Gasteiger partial charge on any atom is 0.305 e. The van der Waals surface area contributed by atoms with Crippen molar-refractivity contribution in [2.45, 2.75) is 40.2 Å². The van der Waals surface area contributed by atoms with E-state index in [1.165, 1.54) is 0 Å². The number of hydrogen-bond donors (Lipinski definition) is 2. The standard InChI is InChI=1S/C14H20N2O3/c1-9-6-5-7-15-12(9)13(19)16-10(8-11(17)18)14(2,3)4/h5-7,10H,8H2,1-4H3,(H,16,19)(H,17,18). The molecule has 1 rings (SSSR count). The number of carbonyl (C=O) groups excluding carboxylic acids is 1. The largest absolute Gasteiger partial charge is 0.481 e. The van der Waals surface area contributed by atoms with Crippen molar-refractivity contribution in [2.75, 3.05) is 0 Å². The molecule has 1 amide bonds. The third-order valence-electron chi connectivity index (χ3n) is 2.95. The Bertz CT molecular complexity index is 478. The maximum atomic E-state index is 12.1. The summed E-state index contributed by atoms with van der Waals surface area (Å²) in [5, 5.41) is 11.7. The van der Waals surface area contributed by atoms with Crippen molar-refractivity contribution in [1.29, 1.82) is 0 Å². The van der Waals surface area contributed by atoms with Crippen LogP contribution in [0.25, 0.3) is 0 Å². The van der Waals surface area contributed by atoms with Crippen molar-refractivity contribution >= 4 is 11.9 Å². The summed E-state index contributed by atoms with van der Waals surface area (Å²) in [5.41, 5.74) is 0.765. The molecule has 0 fully saturated rings. The van der Waals surface area contributed by atoms with E-state index in [1.807, 2.05) is 20.8 Å². The van der Waals surface area contributed by atoms with Crippen molar-refractivity contribution < 1.29 is 14.7 Å². The lowest BCUT2D eigenvalue weighted by Crippen LogP contribution is -2.45. The molecular formula is C14H20N2O3. The molecule has 1 atom stereocenters. The third kappa shape index (κ3) is 4.35. The van der Waals surface area contributed by atoms with Crippen LogP contribution < -0.4 is 5.32 Å². The number of nitrogens with zero attached hydrogens (tertiary/aromatic N) is 1. The summed E-state index contributed by atoms with van der Waals surface area (Å²) in [6.45, 7) is 7.48. The molecule has 104 valence electrons. The van der Waals surface area contributed by atoms with Crippen molar-refractivity contribution in [3.8, 4) is 0 Å². The van der Waals surface area contributed by atoms with E-state index in [-0.39, 0.29) is 17.7 Å². The molecule has 19 heavy (non-hydrogen) atoms. The minimum atomic E-state index is -0.932. The second kappa shape index (κ2) is 5.82. The van der Waals surface area contributed by atoms with Crippen LogP contribution in [0.15, 0.2) is 18.3 Å². The van der Waals surface area contributed by atoms with Gasteiger partial charge in [0, 0.05) is 12.2 Å². The Labute approximate surface area is 113 Å². The lowest BCUT2D eigenvalue weighted by molar-refractivity contribution is -0.138. The van der Waals surface area contributed by atoms with E-state index in [4.69, 9.17) is 5.11 Å². The van der Waals surface area contributed by atoms with Crippen molar-refractivity contribution in [3.05, 3.63) is 29.6 Å². The van der Waals surface area contributed by atoms with Crippen LogP contribution in [-0.4, -0.2) is 28.0 Å². The normalized spacial score (nSPS) is 12.8. The predicted octanol–water partition coefficient (Wildman–Crippen LogP) is 2.01. The maximum absolute atomic E-state index is 12.1. The van der Waals surface area contributed by atoms with E-state index in [9.17, 15) is 9.59 Å². The van der Waals surface area contributed by atoms with E-state index in [0.29, 0.717) is 5.69 Å². The number of aryl methyl sites for hydroxylation is 1. The van der Waals surface area contributed by atoms with Crippen molar-refractivity contribution in [3.63, 3.8) is 0 Å². The summed E-state index contributed by atoms with van der Waals surface area (Å²) >= 11 is 0. The summed E-state index contributed by atoms with van der Waals surface area (Å²) in [4.78, 5) is 27.0. The zero-order chi connectivity index (χ0) is 14.6. The van der Waals surface area contributed by atoms with Gasteiger partial charge in [0.15, 0.2) is 0 Å². The van der Waals surface area contributed by atoms with Crippen LogP contribution in [-0.2, 0) is 4.79 Å². The topological polar surface area (TPSA) is 79.3 Å². The molecule has 0 aliphatic rings. The number of pyridine rings is 1. The highest BCUT2D eigenvalue weighted by Gasteiger charge is 2.29. The second-order valence-corrected chi connectivity index (χ2v) is 5.66. The fraction of sp³-hybridized carbons (Fsp3) is 0.500. The van der Waals surface area contributed by atoms with Crippen LogP contribution >= 0.6 is 0 Å². The molecule has 1 unspecified atom stereocenters. The molecule has 0 radical (unpaired) electrons. The van der Waals surface area contributed by atoms with Crippen LogP contribution in [0.2, 0.25) is 0 Å². The molecule has 0 aromatic carbocycles. The first-order valence-electron chi connectivity index (χ1n) is 6.16. The average molecular weight is 264 g/mol. The van der Waals surface area contributed by atoms with Gasteiger partial charge in [-0.2, -0.15) is 0 Å². The van der Waals surface area contributed by atoms with Gasteiger partial charge < -0.3 is 10.4 Å². The first-order chi connectivity index (χ1) is 8.71. The van der Waals surface area contributed by atoms with Gasteiger partial charge in [0.25, 0.3) is 5.91 Å². The van der Waals surface area contributed by atoms with Crippen molar-refractivity contribution in [1.82, 2.24) is 10.3 Å². The number of carboxylic acids is 1. The molecule has 0 saturated carbocycles. The number of rotatable bonds is 4. The van der Waals surface area contributed by atoms with E-state index in [2.05, 4.69) is 10.3 Å². The summed E-state index contributed by atoms with van der Waals surface area (Å²) in [5.74, 6) is -1.27. The summed E-state index contributed by atoms with van der Waals surface area (Å²) in [6, 6.07) is 3.11. The molecule has 1 aromatic rings. The lowest BCUT2D eigenvalue weighted by atomic mass is 9.84. The van der Waals surface area contributed by atoms with Crippen LogP contribution in [0, 0.1) is 12.3 Å². The Balaban J connectivity index is 2.88. The Morgan fingerprint density at radius 3 is 2.53 bits per heavy atom. The number of aliphatic carboxylic acids is 1. The smallest absolute Gasteiger partial charge is 0.305 e. The highest BCUT2D eigenvalue weighted by Crippen LogP contribution is 2.22. The minimum absolute atomic E-state index is 0.110. The van der Waals surface area contributed by atoms with E-state index in [0.717, 1.165) is 5.56 Å². The number of amides is 1. The van der Waals surface area contributed by atoms with Gasteiger partial charge in [-0.1, -0.05) is 26.8 Å². The van der Waals surface area contributed by atoms with Crippen LogP contribution in [0.3, 0.4) is 0 Å². The highest BCUT2D eigenvalue weighted by molar-refractivity contribution is 5.94. The van der Waals surface area contributed by atoms with Gasteiger partial charge >= 0.3 is 5.97 Å². The molecular weight excluding hydrogens is 244 g/mol. The van der Waals surface area contributed by atoms with Gasteiger partial charge in [0.05, 0.1) is 6.42 Å². The van der Waals surface area contributed by atoms with E-state index >= 15 is 0 Å². The van der Waals surface area contributed by atoms with Crippen LogP contribution in [0.4, 0.5) is 0 Å². The monoisotopic (exact) mass is 264 g/mol. The Morgan fingerprint density at radius 1 is 1.42 bits per heavy atom. The first-order valence-corrected chi connectivity index (χ1v) is 6.16. The minimum Gasteiger partial charge on any atom is -0.481 e. The quantitative estimate of drug-likeness (QED) is 0.871. The van der Waals surface area contributed by atoms with Gasteiger partial charge in [-0.15, -0.1) is 0 Å². The molecule has 1 heterocycles. The molecule has 0 bridgehead atoms. The number of aromatic nitrogens is 1. The lowest BCUT2D eigenvalue weighted by Gasteiger charge is -2.30. The predicted molar refractivity (Wildman–Crippen MR) is 71.9 cm³/mol. The molecule has 0 saturated heterocycles. The van der Waals surface area contributed by atoms with Crippen LogP contribution in [0.1, 0.15) is 43.2 Å². The first kappa shape index (κ1) is 15.1. The molecule has 5 heteroatoms. The summed E-state index contributed by atoms with van der Waals surface area (Å²) < 4.78 is 0. The Kier molecular flexibility index (Phi) is 4.64. The number of nitrogens with one attached hydrogen (secondary N) is 1. The summed E-state index contributed by atoms with van der Waals surface area (Å²) in [7, 11) is 0. The molecule has 0 aliphatic carbocycles. The Hall–Kier alpha value is -1.91. The fourth-order valence-corrected chi connectivity index (χ4v) is 1.70. The number of hydrogen-bond acceptors (Lipinski definition) is 3. The van der Waals surface area contributed by atoms with Gasteiger partial charge in [-0.3, -0.25) is 14.6 Å². The molecule has 1 aromatic heterocycles. The van der Waals surface area contributed by atoms with Gasteiger partial charge in [-0.25, -0.2) is 0 Å². The molecule has 0 aliphatic heterocycles. The van der Waals surface area contributed by atoms with Gasteiger partial charge in [-0.05, 0) is 24.0 Å². The zero-order valence-corrected chi connectivity index (χ0v) is 11.7. The van der Waals surface area contributed by atoms with E-state index < -0.39 is 12.0 Å². The number of carbonyl (C=O) groups is 2. The van der Waals surface area contributed by atoms with Gasteiger partial charge in [0.1, 0.15) is 5.69 Å². The molecule has 5 nitrogen and oxygen atoms in total. The highest BCUT2D eigenvalue weighted by atomic mass is 16.4. The fourth-order valence-electron chi connectivity index (χ4n) is 1.70. The third-order valence-corrected chi connectivity index (χ3v) is 2.95. The summed E-state index contributed by atoms with van der Waals surface area (Å²) in [6.07, 6.45) is 1.44. The number of carboxylic acid groups (broad SMARTS) is 1. The van der Waals surface area contributed by atoms with E-state index in [1.54, 1.807) is 25.3 Å². The molecule has 0 spiro atoms.